The number of alkyl carbamates (subject to hydrolysis) is 1. The molecule has 12 heteroatoms. The molecule has 2 saturated heterocycles. The van der Waals surface area contributed by atoms with Crippen molar-refractivity contribution in [3.8, 4) is 0 Å². The lowest BCUT2D eigenvalue weighted by molar-refractivity contribution is -0.157. The maximum Gasteiger partial charge on any atom is 0.414 e. The standard InChI is InChI=1S/C13H15ClN2O8S/c1-13(3-2-4-24-12(21)15-7(17)6-14)10(11(19)20)16-8(18)5-9(16)25(13,22)23/h2-3,9-10H,4-6H2,1H3,(H,19,20)(H,15,17,21)/b3-2+/t9-,10+,13+/m1/s1. The highest BCUT2D eigenvalue weighted by Crippen LogP contribution is 2.46. The molecule has 0 spiro atoms. The Bertz CT molecular complexity index is 764. The molecule has 2 aliphatic heterocycles. The molecule has 3 amide bonds. The number of carboxylic acids is 1. The van der Waals surface area contributed by atoms with E-state index >= 15 is 0 Å². The van der Waals surface area contributed by atoms with Crippen LogP contribution in [0.2, 0.25) is 0 Å². The van der Waals surface area contributed by atoms with Crippen molar-refractivity contribution >= 4 is 45.3 Å². The van der Waals surface area contributed by atoms with Crippen molar-refractivity contribution in [2.75, 3.05) is 12.5 Å². The SMILES string of the molecule is C[C@]1(/C=C/COC(=O)NC(=O)CCl)[C@H](C(=O)O)N2C(=O)C[C@H]2S1(=O)=O. The number of β-lactam (4-membered cyclic amide) rings is 1. The summed E-state index contributed by atoms with van der Waals surface area (Å²) < 4.78 is 27.9. The number of rotatable bonds is 5. The van der Waals surface area contributed by atoms with Crippen LogP contribution in [0.3, 0.4) is 0 Å². The van der Waals surface area contributed by atoms with Crippen molar-refractivity contribution in [3.63, 3.8) is 0 Å². The predicted octanol–water partition coefficient (Wildman–Crippen LogP) is -0.767. The number of fused-ring (bicyclic) bond motifs is 1. The number of nitrogens with zero attached hydrogens (tertiary/aromatic N) is 1. The average molecular weight is 395 g/mol. The molecule has 2 N–H and O–H groups in total. The number of halogens is 1. The van der Waals surface area contributed by atoms with Crippen molar-refractivity contribution in [3.05, 3.63) is 12.2 Å². The molecule has 10 nitrogen and oxygen atoms in total. The monoisotopic (exact) mass is 394 g/mol. The van der Waals surface area contributed by atoms with Gasteiger partial charge in [0.1, 0.15) is 22.6 Å². The molecule has 0 aliphatic carbocycles. The summed E-state index contributed by atoms with van der Waals surface area (Å²) in [5, 5.41) is 10.00. The zero-order chi connectivity index (χ0) is 19.0. The highest BCUT2D eigenvalue weighted by Gasteiger charge is 2.68. The molecule has 138 valence electrons. The minimum atomic E-state index is -3.97. The zero-order valence-electron chi connectivity index (χ0n) is 13.0. The number of amides is 3. The number of alkyl halides is 1. The summed E-state index contributed by atoms with van der Waals surface area (Å²) in [6.45, 7) is 0.789. The molecular weight excluding hydrogens is 380 g/mol. The zero-order valence-corrected chi connectivity index (χ0v) is 14.5. The molecule has 0 unspecified atom stereocenters. The lowest BCUT2D eigenvalue weighted by Crippen LogP contribution is -2.57. The molecule has 0 saturated carbocycles. The fraction of sp³-hybridized carbons (Fsp3) is 0.538. The van der Waals surface area contributed by atoms with Crippen LogP contribution < -0.4 is 5.32 Å². The van der Waals surface area contributed by atoms with Gasteiger partial charge in [-0.2, -0.15) is 0 Å². The molecule has 0 bridgehead atoms. The van der Waals surface area contributed by atoms with Gasteiger partial charge < -0.3 is 14.7 Å². The van der Waals surface area contributed by atoms with Gasteiger partial charge in [0.25, 0.3) is 0 Å². The smallest absolute Gasteiger partial charge is 0.414 e. The first-order valence-electron chi connectivity index (χ1n) is 7.04. The molecule has 25 heavy (non-hydrogen) atoms. The highest BCUT2D eigenvalue weighted by atomic mass is 35.5. The van der Waals surface area contributed by atoms with E-state index in [0.29, 0.717) is 0 Å². The third kappa shape index (κ3) is 3.09. The summed E-state index contributed by atoms with van der Waals surface area (Å²) in [6.07, 6.45) is 0.899. The number of imide groups is 1. The average Bonchev–Trinajstić information content (AvgIpc) is 2.66. The number of carbonyl (C=O) groups excluding carboxylic acids is 3. The first-order chi connectivity index (χ1) is 11.6. The van der Waals surface area contributed by atoms with Gasteiger partial charge in [-0.05, 0) is 13.0 Å². The Morgan fingerprint density at radius 2 is 2.12 bits per heavy atom. The van der Waals surface area contributed by atoms with Crippen molar-refractivity contribution in [1.82, 2.24) is 10.2 Å². The minimum absolute atomic E-state index is 0.255. The summed E-state index contributed by atoms with van der Waals surface area (Å²) in [5.41, 5.74) is 0. The van der Waals surface area contributed by atoms with E-state index in [0.717, 1.165) is 17.1 Å². The normalized spacial score (nSPS) is 29.8. The molecule has 0 aromatic carbocycles. The fourth-order valence-electron chi connectivity index (χ4n) is 2.84. The van der Waals surface area contributed by atoms with Gasteiger partial charge in [-0.3, -0.25) is 14.9 Å². The molecule has 2 fully saturated rings. The number of ether oxygens (including phenoxy) is 1. The quantitative estimate of drug-likeness (QED) is 0.351. The number of nitrogens with one attached hydrogen (secondary N) is 1. The van der Waals surface area contributed by atoms with Gasteiger partial charge in [-0.25, -0.2) is 18.0 Å². The van der Waals surface area contributed by atoms with E-state index in [9.17, 15) is 32.7 Å². The van der Waals surface area contributed by atoms with E-state index in [1.54, 1.807) is 0 Å². The molecule has 0 radical (unpaired) electrons. The summed E-state index contributed by atoms with van der Waals surface area (Å²) in [5.74, 6) is -3.20. The molecule has 2 heterocycles. The lowest BCUT2D eigenvalue weighted by Gasteiger charge is -2.35. The van der Waals surface area contributed by atoms with Gasteiger partial charge in [-0.15, -0.1) is 11.6 Å². The lowest BCUT2D eigenvalue weighted by atomic mass is 9.96. The van der Waals surface area contributed by atoms with Gasteiger partial charge in [-0.1, -0.05) is 6.08 Å². The summed E-state index contributed by atoms with van der Waals surface area (Å²) in [6, 6.07) is -1.56. The van der Waals surface area contributed by atoms with Gasteiger partial charge in [0.05, 0.1) is 6.42 Å². The van der Waals surface area contributed by atoms with Crippen LogP contribution in [0.15, 0.2) is 12.2 Å². The van der Waals surface area contributed by atoms with E-state index in [-0.39, 0.29) is 6.42 Å². The van der Waals surface area contributed by atoms with Crippen LogP contribution in [0.25, 0.3) is 0 Å². The van der Waals surface area contributed by atoms with E-state index in [2.05, 4.69) is 4.74 Å². The van der Waals surface area contributed by atoms with Crippen LogP contribution in [-0.2, 0) is 29.0 Å². The van der Waals surface area contributed by atoms with E-state index < -0.39 is 62.4 Å². The topological polar surface area (TPSA) is 147 Å². The second-order valence-electron chi connectivity index (χ2n) is 5.61. The van der Waals surface area contributed by atoms with E-state index in [1.165, 1.54) is 6.92 Å². The van der Waals surface area contributed by atoms with Crippen molar-refractivity contribution in [1.29, 1.82) is 0 Å². The van der Waals surface area contributed by atoms with E-state index in [1.807, 2.05) is 5.32 Å². The molecule has 3 atom stereocenters. The van der Waals surface area contributed by atoms with Crippen LogP contribution in [0.1, 0.15) is 13.3 Å². The van der Waals surface area contributed by atoms with Crippen LogP contribution in [0.4, 0.5) is 4.79 Å². The number of carbonyl (C=O) groups is 4. The number of hydrogen-bond donors (Lipinski definition) is 2. The Morgan fingerprint density at radius 1 is 1.48 bits per heavy atom. The van der Waals surface area contributed by atoms with Gasteiger partial charge in [0, 0.05) is 0 Å². The van der Waals surface area contributed by atoms with Crippen LogP contribution in [0, 0.1) is 0 Å². The van der Waals surface area contributed by atoms with Crippen LogP contribution >= 0.6 is 11.6 Å². The maximum atomic E-state index is 12.6. The van der Waals surface area contributed by atoms with Gasteiger partial charge in [0.15, 0.2) is 15.9 Å². The van der Waals surface area contributed by atoms with Crippen molar-refractivity contribution in [2.24, 2.45) is 0 Å². The maximum absolute atomic E-state index is 12.6. The molecule has 2 rings (SSSR count). The Hall–Kier alpha value is -2.14. The number of sulfone groups is 1. The first-order valence-corrected chi connectivity index (χ1v) is 9.12. The molecule has 2 aliphatic rings. The third-order valence-electron chi connectivity index (χ3n) is 4.10. The Kier molecular flexibility index (Phi) is 5.09. The Balaban J connectivity index is 2.13. The minimum Gasteiger partial charge on any atom is -0.480 e. The summed E-state index contributed by atoms with van der Waals surface area (Å²) in [4.78, 5) is 46.1. The van der Waals surface area contributed by atoms with Crippen LogP contribution in [0.5, 0.6) is 0 Å². The largest absolute Gasteiger partial charge is 0.480 e. The van der Waals surface area contributed by atoms with Crippen molar-refractivity contribution < 1.29 is 37.4 Å². The predicted molar refractivity (Wildman–Crippen MR) is 83.4 cm³/mol. The molecular formula is C13H15ClN2O8S. The van der Waals surface area contributed by atoms with Gasteiger partial charge in [0.2, 0.25) is 11.8 Å². The Labute approximate surface area is 147 Å². The molecule has 0 aromatic heterocycles. The third-order valence-corrected chi connectivity index (χ3v) is 7.03. The molecule has 0 aromatic rings. The van der Waals surface area contributed by atoms with Crippen molar-refractivity contribution in [2.45, 2.75) is 29.5 Å². The van der Waals surface area contributed by atoms with E-state index in [4.69, 9.17) is 11.6 Å². The van der Waals surface area contributed by atoms with Gasteiger partial charge >= 0.3 is 12.1 Å². The number of aliphatic carboxylic acids is 1. The Morgan fingerprint density at radius 3 is 2.64 bits per heavy atom. The fourth-order valence-corrected chi connectivity index (χ4v) is 5.20. The highest BCUT2D eigenvalue weighted by molar-refractivity contribution is 7.94. The second-order valence-corrected chi connectivity index (χ2v) is 8.39. The summed E-state index contributed by atoms with van der Waals surface area (Å²) in [7, 11) is -3.97. The van der Waals surface area contributed by atoms with Crippen LogP contribution in [-0.4, -0.2) is 71.0 Å². The first kappa shape index (κ1) is 19.2. The number of carboxylic acid groups (broad SMARTS) is 1. The second kappa shape index (κ2) is 6.64. The number of hydrogen-bond acceptors (Lipinski definition) is 7. The summed E-state index contributed by atoms with van der Waals surface area (Å²) >= 11 is 5.20.